The fourth-order valence-electron chi connectivity index (χ4n) is 3.63. The van der Waals surface area contributed by atoms with Crippen molar-refractivity contribution in [3.8, 4) is 0 Å². The largest absolute Gasteiger partial charge is 0.353 e. The summed E-state index contributed by atoms with van der Waals surface area (Å²) in [6, 6.07) is 7.39. The van der Waals surface area contributed by atoms with E-state index in [2.05, 4.69) is 10.6 Å². The number of anilines is 2. The van der Waals surface area contributed by atoms with Gasteiger partial charge in [0.25, 0.3) is 0 Å². The molecule has 3 amide bonds. The minimum Gasteiger partial charge on any atom is -0.353 e. The van der Waals surface area contributed by atoms with Crippen molar-refractivity contribution in [3.63, 3.8) is 0 Å². The van der Waals surface area contributed by atoms with Gasteiger partial charge < -0.3 is 15.5 Å². The second kappa shape index (κ2) is 7.68. The number of nitrogens with one attached hydrogen (secondary N) is 2. The summed E-state index contributed by atoms with van der Waals surface area (Å²) in [6.07, 6.45) is 5.92. The van der Waals surface area contributed by atoms with E-state index < -0.39 is 0 Å². The van der Waals surface area contributed by atoms with Gasteiger partial charge in [0.15, 0.2) is 0 Å². The molecular formula is C19H25N3O3. The molecule has 1 atom stereocenters. The molecule has 1 saturated carbocycles. The van der Waals surface area contributed by atoms with E-state index in [9.17, 15) is 14.4 Å². The third-order valence-corrected chi connectivity index (χ3v) is 4.95. The number of nitrogens with zero attached hydrogens (tertiary/aromatic N) is 1. The summed E-state index contributed by atoms with van der Waals surface area (Å²) >= 11 is 0. The van der Waals surface area contributed by atoms with Crippen LogP contribution < -0.4 is 15.5 Å². The fourth-order valence-corrected chi connectivity index (χ4v) is 3.63. The zero-order valence-corrected chi connectivity index (χ0v) is 14.6. The smallest absolute Gasteiger partial charge is 0.227 e. The molecule has 134 valence electrons. The van der Waals surface area contributed by atoms with Crippen molar-refractivity contribution in [1.82, 2.24) is 5.32 Å². The van der Waals surface area contributed by atoms with E-state index >= 15 is 0 Å². The molecular weight excluding hydrogens is 318 g/mol. The number of amides is 3. The minimum absolute atomic E-state index is 0.00221. The van der Waals surface area contributed by atoms with Gasteiger partial charge in [-0.2, -0.15) is 0 Å². The van der Waals surface area contributed by atoms with Crippen LogP contribution in [0.25, 0.3) is 0 Å². The summed E-state index contributed by atoms with van der Waals surface area (Å²) in [4.78, 5) is 37.5. The molecule has 25 heavy (non-hydrogen) atoms. The SMILES string of the molecule is CC(=O)Nc1ccc(N2CC(C(=O)NC3CCCCC3)CC2=O)cc1. The van der Waals surface area contributed by atoms with Crippen molar-refractivity contribution in [2.75, 3.05) is 16.8 Å². The first-order chi connectivity index (χ1) is 12.0. The van der Waals surface area contributed by atoms with Crippen LogP contribution in [0.2, 0.25) is 0 Å². The van der Waals surface area contributed by atoms with E-state index in [-0.39, 0.29) is 36.1 Å². The van der Waals surface area contributed by atoms with E-state index in [1.165, 1.54) is 26.2 Å². The maximum atomic E-state index is 12.5. The zero-order chi connectivity index (χ0) is 17.8. The van der Waals surface area contributed by atoms with Crippen molar-refractivity contribution in [2.45, 2.75) is 51.5 Å². The average Bonchev–Trinajstić information content (AvgIpc) is 2.98. The predicted molar refractivity (Wildman–Crippen MR) is 96.2 cm³/mol. The Hall–Kier alpha value is -2.37. The number of benzene rings is 1. The molecule has 6 nitrogen and oxygen atoms in total. The second-order valence-corrected chi connectivity index (χ2v) is 6.98. The summed E-state index contributed by atoms with van der Waals surface area (Å²) in [5.74, 6) is -0.456. The van der Waals surface area contributed by atoms with Gasteiger partial charge in [-0.3, -0.25) is 14.4 Å². The van der Waals surface area contributed by atoms with E-state index in [1.54, 1.807) is 29.2 Å². The van der Waals surface area contributed by atoms with Gasteiger partial charge in [0, 0.05) is 37.3 Å². The lowest BCUT2D eigenvalue weighted by atomic mass is 9.95. The van der Waals surface area contributed by atoms with Gasteiger partial charge >= 0.3 is 0 Å². The van der Waals surface area contributed by atoms with Gasteiger partial charge in [0.1, 0.15) is 0 Å². The normalized spacial score (nSPS) is 21.2. The third kappa shape index (κ3) is 4.38. The van der Waals surface area contributed by atoms with Crippen molar-refractivity contribution < 1.29 is 14.4 Å². The molecule has 1 aliphatic carbocycles. The van der Waals surface area contributed by atoms with Crippen LogP contribution in [0.1, 0.15) is 45.4 Å². The fraction of sp³-hybridized carbons (Fsp3) is 0.526. The van der Waals surface area contributed by atoms with Crippen molar-refractivity contribution in [3.05, 3.63) is 24.3 Å². The van der Waals surface area contributed by atoms with Crippen LogP contribution in [0.15, 0.2) is 24.3 Å². The molecule has 6 heteroatoms. The lowest BCUT2D eigenvalue weighted by Gasteiger charge is -2.24. The van der Waals surface area contributed by atoms with Gasteiger partial charge in [-0.15, -0.1) is 0 Å². The van der Waals surface area contributed by atoms with E-state index in [4.69, 9.17) is 0 Å². The molecule has 1 heterocycles. The van der Waals surface area contributed by atoms with E-state index in [0.29, 0.717) is 12.2 Å². The maximum Gasteiger partial charge on any atom is 0.227 e. The van der Waals surface area contributed by atoms with Crippen LogP contribution in [0.3, 0.4) is 0 Å². The monoisotopic (exact) mass is 343 g/mol. The lowest BCUT2D eigenvalue weighted by molar-refractivity contribution is -0.127. The van der Waals surface area contributed by atoms with Crippen molar-refractivity contribution in [1.29, 1.82) is 0 Å². The molecule has 3 rings (SSSR count). The van der Waals surface area contributed by atoms with Crippen molar-refractivity contribution >= 4 is 29.1 Å². The van der Waals surface area contributed by atoms with Crippen LogP contribution in [0.5, 0.6) is 0 Å². The van der Waals surface area contributed by atoms with Gasteiger partial charge in [0.05, 0.1) is 5.92 Å². The maximum absolute atomic E-state index is 12.5. The van der Waals surface area contributed by atoms with Crippen LogP contribution in [-0.2, 0) is 14.4 Å². The Kier molecular flexibility index (Phi) is 5.36. The molecule has 1 saturated heterocycles. The molecule has 1 aliphatic heterocycles. The summed E-state index contributed by atoms with van der Waals surface area (Å²) in [6.45, 7) is 1.87. The Morgan fingerprint density at radius 1 is 1.08 bits per heavy atom. The number of carbonyl (C=O) groups is 3. The minimum atomic E-state index is -0.288. The Morgan fingerprint density at radius 2 is 1.76 bits per heavy atom. The molecule has 1 aromatic carbocycles. The van der Waals surface area contributed by atoms with Gasteiger partial charge in [-0.25, -0.2) is 0 Å². The summed E-state index contributed by atoms with van der Waals surface area (Å²) in [7, 11) is 0. The van der Waals surface area contributed by atoms with Crippen LogP contribution in [0.4, 0.5) is 11.4 Å². The molecule has 1 aromatic rings. The first kappa shape index (κ1) is 17.5. The Labute approximate surface area is 148 Å². The van der Waals surface area contributed by atoms with Crippen LogP contribution in [0, 0.1) is 5.92 Å². The highest BCUT2D eigenvalue weighted by Crippen LogP contribution is 2.27. The number of carbonyl (C=O) groups excluding carboxylic acids is 3. The summed E-state index contributed by atoms with van der Waals surface area (Å²) < 4.78 is 0. The van der Waals surface area contributed by atoms with Gasteiger partial charge in [0.2, 0.25) is 17.7 Å². The standard InChI is InChI=1S/C19H25N3O3/c1-13(23)20-16-7-9-17(10-8-16)22-12-14(11-18(22)24)19(25)21-15-5-3-2-4-6-15/h7-10,14-15H,2-6,11-12H2,1H3,(H,20,23)(H,21,25). The Balaban J connectivity index is 1.59. The lowest BCUT2D eigenvalue weighted by Crippen LogP contribution is -2.40. The third-order valence-electron chi connectivity index (χ3n) is 4.95. The zero-order valence-electron chi connectivity index (χ0n) is 14.6. The van der Waals surface area contributed by atoms with Crippen LogP contribution >= 0.6 is 0 Å². The highest BCUT2D eigenvalue weighted by Gasteiger charge is 2.35. The Bertz CT molecular complexity index is 650. The molecule has 2 N–H and O–H groups in total. The van der Waals surface area contributed by atoms with Crippen molar-refractivity contribution in [2.24, 2.45) is 5.92 Å². The second-order valence-electron chi connectivity index (χ2n) is 6.98. The summed E-state index contributed by atoms with van der Waals surface area (Å²) in [5.41, 5.74) is 1.45. The number of hydrogen-bond donors (Lipinski definition) is 2. The highest BCUT2D eigenvalue weighted by atomic mass is 16.2. The predicted octanol–water partition coefficient (Wildman–Crippen LogP) is 2.45. The van der Waals surface area contributed by atoms with E-state index in [1.807, 2.05) is 0 Å². The quantitative estimate of drug-likeness (QED) is 0.881. The molecule has 0 aromatic heterocycles. The molecule has 0 bridgehead atoms. The molecule has 0 spiro atoms. The Morgan fingerprint density at radius 3 is 2.40 bits per heavy atom. The van der Waals surface area contributed by atoms with E-state index in [0.717, 1.165) is 18.5 Å². The highest BCUT2D eigenvalue weighted by molar-refractivity contribution is 6.00. The number of hydrogen-bond acceptors (Lipinski definition) is 3. The summed E-state index contributed by atoms with van der Waals surface area (Å²) in [5, 5.41) is 5.82. The first-order valence-electron chi connectivity index (χ1n) is 9.01. The molecule has 1 unspecified atom stereocenters. The molecule has 2 aliphatic rings. The van der Waals surface area contributed by atoms with Gasteiger partial charge in [-0.05, 0) is 37.1 Å². The topological polar surface area (TPSA) is 78.5 Å². The average molecular weight is 343 g/mol. The number of rotatable bonds is 4. The van der Waals surface area contributed by atoms with Gasteiger partial charge in [-0.1, -0.05) is 19.3 Å². The molecule has 0 radical (unpaired) electrons. The van der Waals surface area contributed by atoms with Crippen LogP contribution in [-0.4, -0.2) is 30.3 Å². The first-order valence-corrected chi connectivity index (χ1v) is 9.01. The molecule has 2 fully saturated rings.